The monoisotopic (exact) mass is 658 g/mol. The molecule has 9 rings (SSSR count). The van der Waals surface area contributed by atoms with Gasteiger partial charge in [0.1, 0.15) is 0 Å². The van der Waals surface area contributed by atoms with E-state index >= 15 is 0 Å². The van der Waals surface area contributed by atoms with Crippen LogP contribution in [0.25, 0.3) is 64.2 Å². The van der Waals surface area contributed by atoms with Crippen LogP contribution in [-0.2, 0) is 0 Å². The molecule has 0 spiro atoms. The third kappa shape index (κ3) is 5.40. The number of amidine groups is 1. The fourth-order valence-corrected chi connectivity index (χ4v) is 7.83. The Labute approximate surface area is 293 Å². The van der Waals surface area contributed by atoms with Crippen LogP contribution in [-0.4, -0.2) is 22.6 Å². The fraction of sp³-hybridized carbons (Fsp3) is 0. The Morgan fingerprint density at radius 3 is 1.78 bits per heavy atom. The molecule has 1 N–H and O–H groups in total. The summed E-state index contributed by atoms with van der Waals surface area (Å²) in [5, 5.41) is 14.2. The Morgan fingerprint density at radius 2 is 1.08 bits per heavy atom. The summed E-state index contributed by atoms with van der Waals surface area (Å²) < 4.78 is 4.40. The zero-order valence-corrected chi connectivity index (χ0v) is 27.8. The van der Waals surface area contributed by atoms with Gasteiger partial charge in [-0.1, -0.05) is 146 Å². The van der Waals surface area contributed by atoms with E-state index < -0.39 is 0 Å². The summed E-state index contributed by atoms with van der Waals surface area (Å²) in [6.07, 6.45) is 1.83. The molecule has 0 aliphatic rings. The van der Waals surface area contributed by atoms with Gasteiger partial charge in [0.2, 0.25) is 5.96 Å². The second-order valence-corrected chi connectivity index (χ2v) is 13.3. The lowest BCUT2D eigenvalue weighted by Gasteiger charge is -2.08. The minimum absolute atomic E-state index is 0.107. The van der Waals surface area contributed by atoms with Crippen molar-refractivity contribution in [2.24, 2.45) is 9.98 Å². The van der Waals surface area contributed by atoms with Crippen LogP contribution in [0.15, 0.2) is 180 Å². The van der Waals surface area contributed by atoms with Gasteiger partial charge >= 0.3 is 0 Å². The zero-order valence-electron chi connectivity index (χ0n) is 27.0. The maximum atomic E-state index is 9.49. The number of nitrogens with one attached hydrogen (secondary N) is 1. The number of para-hydroxylation sites is 1. The summed E-state index contributed by atoms with van der Waals surface area (Å²) >= 11 is 1.78. The number of thiophene rings is 1. The number of aliphatic imine (C=N–C) groups is 2. The molecule has 7 aromatic carbocycles. The van der Waals surface area contributed by atoms with Crippen LogP contribution in [0.4, 0.5) is 0 Å². The third-order valence-electron chi connectivity index (χ3n) is 9.20. The highest BCUT2D eigenvalue weighted by Gasteiger charge is 2.17. The Balaban J connectivity index is 1.16. The first kappa shape index (κ1) is 29.7. The maximum Gasteiger partial charge on any atom is 0.229 e. The first-order valence-corrected chi connectivity index (χ1v) is 17.4. The van der Waals surface area contributed by atoms with Crippen molar-refractivity contribution in [3.05, 3.63) is 181 Å². The molecular weight excluding hydrogens is 629 g/mol. The average molecular weight is 659 g/mol. The normalized spacial score (nSPS) is 12.1. The molecule has 0 aliphatic heterocycles. The summed E-state index contributed by atoms with van der Waals surface area (Å²) in [6, 6.07) is 58.6. The highest BCUT2D eigenvalue weighted by molar-refractivity contribution is 7.25. The van der Waals surface area contributed by atoms with Crippen LogP contribution in [0.5, 0.6) is 0 Å². The van der Waals surface area contributed by atoms with Gasteiger partial charge < -0.3 is 0 Å². The van der Waals surface area contributed by atoms with Gasteiger partial charge in [-0.3, -0.25) is 9.98 Å². The molecular formula is C45H30N4S. The van der Waals surface area contributed by atoms with Crippen molar-refractivity contribution >= 4 is 71.3 Å². The van der Waals surface area contributed by atoms with Crippen molar-refractivity contribution in [2.75, 3.05) is 0 Å². The lowest BCUT2D eigenvalue weighted by Crippen LogP contribution is -2.11. The molecule has 236 valence electrons. The largest absolute Gasteiger partial charge is 0.278 e. The van der Waals surface area contributed by atoms with Gasteiger partial charge in [-0.25, -0.2) is 4.99 Å². The standard InChI is InChI=1S/C45H30N4S/c46-45(49-40-17-9-7-15-36(40)38-27-39-37-16-8-10-18-42(37)50-43(39)28-41(38)49)48-44(35-25-23-34(24-26-35)32-13-5-2-6-14-32)47-29-30-19-21-33(22-20-30)31-11-3-1-4-12-31/h1-29,46H. The van der Waals surface area contributed by atoms with Crippen molar-refractivity contribution in [3.8, 4) is 22.3 Å². The highest BCUT2D eigenvalue weighted by atomic mass is 32.1. The molecule has 0 atom stereocenters. The number of aromatic nitrogens is 1. The Morgan fingerprint density at radius 1 is 0.500 bits per heavy atom. The molecule has 0 saturated carbocycles. The van der Waals surface area contributed by atoms with Crippen LogP contribution in [0.2, 0.25) is 0 Å². The first-order chi connectivity index (χ1) is 24.7. The van der Waals surface area contributed by atoms with Crippen LogP contribution < -0.4 is 0 Å². The predicted molar refractivity (Wildman–Crippen MR) is 213 cm³/mol. The van der Waals surface area contributed by atoms with Gasteiger partial charge in [0, 0.05) is 42.7 Å². The zero-order chi connectivity index (χ0) is 33.4. The van der Waals surface area contributed by atoms with E-state index in [4.69, 9.17) is 9.98 Å². The molecule has 2 aromatic heterocycles. The van der Waals surface area contributed by atoms with Gasteiger partial charge in [-0.2, -0.15) is 4.99 Å². The van der Waals surface area contributed by atoms with E-state index in [1.165, 1.54) is 25.7 Å². The molecule has 50 heavy (non-hydrogen) atoms. The number of benzene rings is 7. The molecule has 0 amide bonds. The van der Waals surface area contributed by atoms with E-state index in [2.05, 4.69) is 115 Å². The minimum atomic E-state index is 0.107. The van der Waals surface area contributed by atoms with E-state index in [0.717, 1.165) is 49.6 Å². The maximum absolute atomic E-state index is 9.49. The van der Waals surface area contributed by atoms with Crippen molar-refractivity contribution in [1.29, 1.82) is 5.41 Å². The Bertz CT molecular complexity index is 2740. The van der Waals surface area contributed by atoms with E-state index in [9.17, 15) is 5.41 Å². The molecule has 9 aromatic rings. The van der Waals surface area contributed by atoms with Gasteiger partial charge in [0.25, 0.3) is 0 Å². The van der Waals surface area contributed by atoms with Crippen molar-refractivity contribution in [2.45, 2.75) is 0 Å². The van der Waals surface area contributed by atoms with E-state index in [1.54, 1.807) is 11.3 Å². The first-order valence-electron chi connectivity index (χ1n) is 16.6. The lowest BCUT2D eigenvalue weighted by molar-refractivity contribution is 1.19. The molecule has 0 aliphatic carbocycles. The highest BCUT2D eigenvalue weighted by Crippen LogP contribution is 2.39. The molecule has 0 unspecified atom stereocenters. The van der Waals surface area contributed by atoms with E-state index in [-0.39, 0.29) is 5.96 Å². The van der Waals surface area contributed by atoms with Crippen molar-refractivity contribution in [1.82, 2.24) is 4.57 Å². The number of hydrogen-bond donors (Lipinski definition) is 1. The average Bonchev–Trinajstić information content (AvgIpc) is 3.71. The summed E-state index contributed by atoms with van der Waals surface area (Å²) in [4.78, 5) is 9.89. The van der Waals surface area contributed by atoms with Crippen LogP contribution in [0, 0.1) is 5.41 Å². The summed E-state index contributed by atoms with van der Waals surface area (Å²) in [7, 11) is 0. The topological polar surface area (TPSA) is 53.5 Å². The Hall–Kier alpha value is -6.43. The molecule has 5 heteroatoms. The molecule has 0 fully saturated rings. The SMILES string of the molecule is N=C(N=C(N=Cc1ccc(-c2ccccc2)cc1)c1ccc(-c2ccccc2)cc1)n1c2ccccc2c2cc3c(cc21)sc1ccccc13. The number of rotatable bonds is 4. The van der Waals surface area contributed by atoms with Gasteiger partial charge in [-0.05, 0) is 52.1 Å². The smallest absolute Gasteiger partial charge is 0.229 e. The van der Waals surface area contributed by atoms with Gasteiger partial charge in [0.15, 0.2) is 5.84 Å². The summed E-state index contributed by atoms with van der Waals surface area (Å²) in [5.74, 6) is 0.575. The molecule has 0 bridgehead atoms. The molecule has 0 radical (unpaired) electrons. The molecule has 0 saturated heterocycles. The second kappa shape index (κ2) is 12.5. The summed E-state index contributed by atoms with van der Waals surface area (Å²) in [6.45, 7) is 0. The van der Waals surface area contributed by atoms with Crippen LogP contribution in [0.1, 0.15) is 11.1 Å². The quantitative estimate of drug-likeness (QED) is 0.145. The summed E-state index contributed by atoms with van der Waals surface area (Å²) in [5.41, 5.74) is 8.26. The van der Waals surface area contributed by atoms with Crippen molar-refractivity contribution < 1.29 is 0 Å². The predicted octanol–water partition coefficient (Wildman–Crippen LogP) is 11.8. The number of nitrogens with zero attached hydrogens (tertiary/aromatic N) is 3. The molecule has 4 nitrogen and oxygen atoms in total. The Kier molecular flexibility index (Phi) is 7.45. The van der Waals surface area contributed by atoms with Gasteiger partial charge in [-0.15, -0.1) is 11.3 Å². The fourth-order valence-electron chi connectivity index (χ4n) is 6.70. The van der Waals surface area contributed by atoms with Crippen LogP contribution >= 0.6 is 11.3 Å². The molecule has 2 heterocycles. The second-order valence-electron chi connectivity index (χ2n) is 12.3. The third-order valence-corrected chi connectivity index (χ3v) is 10.3. The van der Waals surface area contributed by atoms with E-state index in [0.29, 0.717) is 5.84 Å². The van der Waals surface area contributed by atoms with E-state index in [1.807, 2.05) is 65.4 Å². The minimum Gasteiger partial charge on any atom is -0.278 e. The van der Waals surface area contributed by atoms with Crippen LogP contribution in [0.3, 0.4) is 0 Å². The van der Waals surface area contributed by atoms with Crippen molar-refractivity contribution in [3.63, 3.8) is 0 Å². The van der Waals surface area contributed by atoms with Gasteiger partial charge in [0.05, 0.1) is 11.0 Å². The lowest BCUT2D eigenvalue weighted by atomic mass is 10.0. The number of hydrogen-bond acceptors (Lipinski definition) is 2. The number of fused-ring (bicyclic) bond motifs is 6.